The first-order valence-corrected chi connectivity index (χ1v) is 27.0. The van der Waals surface area contributed by atoms with Crippen LogP contribution in [0.25, 0.3) is 154 Å². The van der Waals surface area contributed by atoms with Gasteiger partial charge in [0.25, 0.3) is 0 Å². The Hall–Kier alpha value is -11.1. The van der Waals surface area contributed by atoms with E-state index in [-0.39, 0.29) is 0 Å². The Balaban J connectivity index is 1.20. The third-order valence-electron chi connectivity index (χ3n) is 17.0. The number of aryl methyl sites for hydroxylation is 1. The van der Waals surface area contributed by atoms with E-state index in [1.54, 1.807) is 0 Å². The molecule has 0 bridgehead atoms. The number of fused-ring (bicyclic) bond motifs is 17. The van der Waals surface area contributed by atoms with Crippen molar-refractivity contribution >= 4 is 120 Å². The number of rotatable bonds is 5. The van der Waals surface area contributed by atoms with Gasteiger partial charge in [0.05, 0.1) is 66.9 Å². The molecule has 0 unspecified atom stereocenters. The molecule has 0 fully saturated rings. The van der Waals surface area contributed by atoms with E-state index in [1.165, 1.54) is 0 Å². The molecule has 0 atom stereocenters. The van der Waals surface area contributed by atoms with Gasteiger partial charge in [-0.1, -0.05) is 182 Å². The first kappa shape index (κ1) is 44.1. The average Bonchev–Trinajstić information content (AvgIpc) is 3.67. The van der Waals surface area contributed by atoms with Crippen LogP contribution in [-0.4, -0.2) is 18.3 Å². The number of hydrogen-bond donors (Lipinski definition) is 0. The lowest BCUT2D eigenvalue weighted by molar-refractivity contribution is 0.671. The fourth-order valence-corrected chi connectivity index (χ4v) is 13.8. The molecule has 17 aromatic rings. The Morgan fingerprint density at radius 1 is 0.325 bits per heavy atom. The van der Waals surface area contributed by atoms with Gasteiger partial charge in [-0.25, -0.2) is 0 Å². The molecule has 0 aliphatic carbocycles. The summed E-state index contributed by atoms with van der Waals surface area (Å²) in [4.78, 5) is 0. The van der Waals surface area contributed by atoms with Gasteiger partial charge in [-0.15, -0.1) is 0 Å². The molecule has 17 rings (SSSR count). The molecule has 0 aliphatic rings. The third-order valence-corrected chi connectivity index (χ3v) is 17.0. The largest absolute Gasteiger partial charge is 0.454 e. The van der Waals surface area contributed by atoms with Crippen LogP contribution in [0.3, 0.4) is 0 Å². The second kappa shape index (κ2) is 16.4. The van der Waals surface area contributed by atoms with Crippen LogP contribution in [-0.2, 0) is 0 Å². The van der Waals surface area contributed by atoms with Crippen molar-refractivity contribution in [2.24, 2.45) is 0 Å². The summed E-state index contributed by atoms with van der Waals surface area (Å²) in [5.74, 6) is 0. The van der Waals surface area contributed by atoms with Gasteiger partial charge in [-0.2, -0.15) is 10.5 Å². The minimum Gasteiger partial charge on any atom is -0.454 e. The average molecular weight is 1020 g/mol. The molecule has 0 amide bonds. The molecule has 5 heterocycles. The van der Waals surface area contributed by atoms with Crippen molar-refractivity contribution in [3.63, 3.8) is 0 Å². The number of para-hydroxylation sites is 7. The molecule has 5 aromatic heterocycles. The Kier molecular flexibility index (Phi) is 9.06. The Bertz CT molecular complexity index is 5500. The van der Waals surface area contributed by atoms with Crippen LogP contribution in [0, 0.1) is 29.6 Å². The summed E-state index contributed by atoms with van der Waals surface area (Å²) in [5, 5.41) is 38.2. The highest BCUT2D eigenvalue weighted by Crippen LogP contribution is 2.51. The molecular weight excluding hydrogens is 977 g/mol. The van der Waals surface area contributed by atoms with E-state index in [4.69, 9.17) is 4.42 Å². The zero-order valence-corrected chi connectivity index (χ0v) is 43.1. The topological polar surface area (TPSA) is 80.4 Å². The lowest BCUT2D eigenvalue weighted by atomic mass is 9.91. The predicted molar refractivity (Wildman–Crippen MR) is 328 cm³/mol. The van der Waals surface area contributed by atoms with Gasteiger partial charge < -0.3 is 22.7 Å². The quantitative estimate of drug-likeness (QED) is 0.172. The van der Waals surface area contributed by atoms with Gasteiger partial charge in [0.15, 0.2) is 5.58 Å². The van der Waals surface area contributed by atoms with Crippen LogP contribution in [0.4, 0.5) is 0 Å². The normalized spacial score (nSPS) is 12.0. The highest BCUT2D eigenvalue weighted by atomic mass is 16.3. The highest BCUT2D eigenvalue weighted by molar-refractivity contribution is 6.26. The van der Waals surface area contributed by atoms with Crippen LogP contribution in [0.15, 0.2) is 241 Å². The molecule has 7 heteroatoms. The zero-order chi connectivity index (χ0) is 52.9. The number of hydrogen-bond acceptors (Lipinski definition) is 3. The number of nitrogens with zero attached hydrogens (tertiary/aromatic N) is 6. The molecule has 0 saturated carbocycles. The van der Waals surface area contributed by atoms with E-state index in [0.717, 1.165) is 131 Å². The van der Waals surface area contributed by atoms with Crippen LogP contribution in [0.2, 0.25) is 0 Å². The van der Waals surface area contributed by atoms with Crippen molar-refractivity contribution in [2.45, 2.75) is 6.92 Å². The summed E-state index contributed by atoms with van der Waals surface area (Å²) in [6.45, 7) is 2.19. The maximum Gasteiger partial charge on any atom is 0.160 e. The SMILES string of the molecule is Cc1ccc2ccccc2c1-c1cccc2c1c1ccc3c4ccccc4oc3c1n2-c1c(C#N)c(-n2c3ccccc3c3ccccc32)c(-n2c3ccccc3c3ccccc32)c(C#N)c1-n1c2ccccc2c2ccccc21. The lowest BCUT2D eigenvalue weighted by Crippen LogP contribution is -2.16. The summed E-state index contributed by atoms with van der Waals surface area (Å²) in [6.07, 6.45) is 0. The van der Waals surface area contributed by atoms with Crippen molar-refractivity contribution in [1.29, 1.82) is 10.5 Å². The van der Waals surface area contributed by atoms with Crippen LogP contribution in [0.5, 0.6) is 0 Å². The van der Waals surface area contributed by atoms with Crippen LogP contribution < -0.4 is 0 Å². The van der Waals surface area contributed by atoms with Crippen molar-refractivity contribution in [3.8, 4) is 46.0 Å². The third kappa shape index (κ3) is 5.74. The molecule has 370 valence electrons. The smallest absolute Gasteiger partial charge is 0.160 e. The summed E-state index contributed by atoms with van der Waals surface area (Å²) >= 11 is 0. The van der Waals surface area contributed by atoms with E-state index in [9.17, 15) is 10.5 Å². The van der Waals surface area contributed by atoms with Gasteiger partial charge in [0.1, 0.15) is 28.8 Å². The second-order valence-corrected chi connectivity index (χ2v) is 20.9. The molecule has 80 heavy (non-hydrogen) atoms. The van der Waals surface area contributed by atoms with E-state index in [0.29, 0.717) is 39.5 Å². The maximum absolute atomic E-state index is 13.0. The summed E-state index contributed by atoms with van der Waals surface area (Å²) in [5.41, 5.74) is 14.9. The van der Waals surface area contributed by atoms with Crippen LogP contribution >= 0.6 is 0 Å². The zero-order valence-electron chi connectivity index (χ0n) is 43.1. The molecule has 7 nitrogen and oxygen atoms in total. The molecule has 0 spiro atoms. The van der Waals surface area contributed by atoms with E-state index >= 15 is 0 Å². The monoisotopic (exact) mass is 1020 g/mol. The minimum absolute atomic E-state index is 0.378. The Morgan fingerprint density at radius 3 is 1.19 bits per heavy atom. The fraction of sp³-hybridized carbons (Fsp3) is 0.0137. The van der Waals surface area contributed by atoms with E-state index in [2.05, 4.69) is 262 Å². The fourth-order valence-electron chi connectivity index (χ4n) is 13.8. The molecule has 0 radical (unpaired) electrons. The van der Waals surface area contributed by atoms with Gasteiger partial charge in [0, 0.05) is 53.9 Å². The van der Waals surface area contributed by atoms with E-state index in [1.807, 2.05) is 12.1 Å². The van der Waals surface area contributed by atoms with Crippen molar-refractivity contribution in [3.05, 3.63) is 253 Å². The minimum atomic E-state index is 0.378. The first-order chi connectivity index (χ1) is 39.6. The Labute approximate surface area is 457 Å². The van der Waals surface area contributed by atoms with Gasteiger partial charge >= 0.3 is 0 Å². The first-order valence-electron chi connectivity index (χ1n) is 27.0. The summed E-state index contributed by atoms with van der Waals surface area (Å²) in [6, 6.07) is 88.7. The maximum atomic E-state index is 13.0. The molecule has 0 aliphatic heterocycles. The summed E-state index contributed by atoms with van der Waals surface area (Å²) in [7, 11) is 0. The van der Waals surface area contributed by atoms with Crippen molar-refractivity contribution < 1.29 is 4.42 Å². The number of furan rings is 1. The number of benzene rings is 12. The number of nitriles is 2. The highest BCUT2D eigenvalue weighted by Gasteiger charge is 2.35. The van der Waals surface area contributed by atoms with Gasteiger partial charge in [-0.05, 0) is 89.0 Å². The summed E-state index contributed by atoms with van der Waals surface area (Å²) < 4.78 is 16.2. The standard InChI is InChI=1S/C73H42N6O/c1-43-37-38-44-19-2-3-20-45(44)66(43)54-28-18-35-64-67(54)55-40-39-53-52-27-10-17-36-65(52)80-73(53)72(55)79(64)71-57(42-75)69(77-60-31-13-6-23-48(60)49-24-7-14-32-61(49)77)68(76-58-29-11-4-21-46(58)47-22-5-12-30-59(47)76)56(41-74)70(71)78-62-33-15-8-25-50(62)51-26-9-16-34-63(51)78/h2-40H,1H3. The molecular formula is C73H42N6O. The van der Waals surface area contributed by atoms with Gasteiger partial charge in [0.2, 0.25) is 0 Å². The van der Waals surface area contributed by atoms with Crippen molar-refractivity contribution in [2.75, 3.05) is 0 Å². The Morgan fingerprint density at radius 2 is 0.713 bits per heavy atom. The van der Waals surface area contributed by atoms with E-state index < -0.39 is 0 Å². The molecule has 0 saturated heterocycles. The molecule has 12 aromatic carbocycles. The van der Waals surface area contributed by atoms with Gasteiger partial charge in [-0.3, -0.25) is 0 Å². The predicted octanol–water partition coefficient (Wildman–Crippen LogP) is 18.8. The van der Waals surface area contributed by atoms with Crippen molar-refractivity contribution in [1.82, 2.24) is 18.3 Å². The molecule has 0 N–H and O–H groups in total. The van der Waals surface area contributed by atoms with Crippen LogP contribution in [0.1, 0.15) is 16.7 Å². The number of aromatic nitrogens is 4. The second-order valence-electron chi connectivity index (χ2n) is 20.9. The lowest BCUT2D eigenvalue weighted by Gasteiger charge is -2.27.